The molecule has 0 fully saturated rings. The maximum Gasteiger partial charge on any atom is 0.338 e. The molecular weight excluding hydrogens is 264 g/mol. The summed E-state index contributed by atoms with van der Waals surface area (Å²) >= 11 is 0. The van der Waals surface area contributed by atoms with Crippen LogP contribution in [0.25, 0.3) is 0 Å². The minimum absolute atomic E-state index is 0.0888. The van der Waals surface area contributed by atoms with Gasteiger partial charge in [0.1, 0.15) is 0 Å². The molecule has 0 saturated heterocycles. The van der Waals surface area contributed by atoms with Gasteiger partial charge in [0.2, 0.25) is 6.29 Å². The maximum atomic E-state index is 11.9. The van der Waals surface area contributed by atoms with Gasteiger partial charge in [-0.3, -0.25) is 4.79 Å². The number of aliphatic hydroxyl groups excluding tert-OH is 2. The second-order valence-electron chi connectivity index (χ2n) is 4.22. The molecule has 0 heterocycles. The van der Waals surface area contributed by atoms with Gasteiger partial charge >= 0.3 is 5.97 Å². The highest BCUT2D eigenvalue weighted by molar-refractivity contribution is 5.91. The molecule has 1 aromatic carbocycles. The van der Waals surface area contributed by atoms with Crippen LogP contribution in [0, 0.1) is 6.92 Å². The quantitative estimate of drug-likeness (QED) is 0.435. The number of carbonyl (C=O) groups excluding carboxylic acids is 2. The first-order chi connectivity index (χ1) is 9.54. The highest BCUT2D eigenvalue weighted by Crippen LogP contribution is 2.25. The van der Waals surface area contributed by atoms with E-state index in [-0.39, 0.29) is 18.6 Å². The summed E-state index contributed by atoms with van der Waals surface area (Å²) in [5.74, 6) is -1.47. The molecule has 6 nitrogen and oxygen atoms in total. The Morgan fingerprint density at radius 1 is 1.45 bits per heavy atom. The highest BCUT2D eigenvalue weighted by atomic mass is 16.6. The summed E-state index contributed by atoms with van der Waals surface area (Å²) in [6, 6.07) is 4.93. The summed E-state index contributed by atoms with van der Waals surface area (Å²) < 4.78 is 9.38. The molecule has 0 aliphatic heterocycles. The SMILES string of the molecule is CCOC(=O)c1cc(C)ccc1C(CO)C(O)OC=O. The maximum absolute atomic E-state index is 11.9. The van der Waals surface area contributed by atoms with E-state index in [4.69, 9.17) is 4.74 Å². The number of rotatable bonds is 7. The third-order valence-electron chi connectivity index (χ3n) is 2.84. The molecule has 2 atom stereocenters. The number of carbonyl (C=O) groups is 2. The standard InChI is InChI=1S/C14H18O6/c1-3-19-13(17)11-6-9(2)4-5-10(11)12(7-15)14(18)20-8-16/h4-6,8,12,14-15,18H,3,7H2,1-2H3. The topological polar surface area (TPSA) is 93.1 Å². The fourth-order valence-corrected chi connectivity index (χ4v) is 1.87. The van der Waals surface area contributed by atoms with Crippen molar-refractivity contribution in [1.82, 2.24) is 0 Å². The lowest BCUT2D eigenvalue weighted by Crippen LogP contribution is -2.26. The molecule has 20 heavy (non-hydrogen) atoms. The first-order valence-electron chi connectivity index (χ1n) is 6.20. The molecule has 0 bridgehead atoms. The molecule has 1 rings (SSSR count). The number of aliphatic hydroxyl groups is 2. The molecule has 0 aliphatic rings. The van der Waals surface area contributed by atoms with Crippen molar-refractivity contribution in [3.8, 4) is 0 Å². The van der Waals surface area contributed by atoms with Crippen LogP contribution in [0.2, 0.25) is 0 Å². The van der Waals surface area contributed by atoms with E-state index in [1.54, 1.807) is 32.0 Å². The molecule has 2 N–H and O–H groups in total. The molecule has 0 saturated carbocycles. The minimum Gasteiger partial charge on any atom is -0.462 e. The molecule has 6 heteroatoms. The molecule has 2 unspecified atom stereocenters. The summed E-state index contributed by atoms with van der Waals surface area (Å²) in [6.45, 7) is 3.31. The lowest BCUT2D eigenvalue weighted by Gasteiger charge is -2.22. The zero-order valence-corrected chi connectivity index (χ0v) is 11.4. The third kappa shape index (κ3) is 3.79. The van der Waals surface area contributed by atoms with Gasteiger partial charge in [0.15, 0.2) is 0 Å². The second kappa shape index (κ2) is 7.62. The lowest BCUT2D eigenvalue weighted by atomic mass is 9.92. The van der Waals surface area contributed by atoms with Gasteiger partial charge in [-0.2, -0.15) is 0 Å². The Bertz CT molecular complexity index is 471. The molecule has 0 spiro atoms. The van der Waals surface area contributed by atoms with Crippen LogP contribution in [0.1, 0.15) is 34.3 Å². The Kier molecular flexibility index (Phi) is 6.14. The summed E-state index contributed by atoms with van der Waals surface area (Å²) in [7, 11) is 0. The number of aryl methyl sites for hydroxylation is 1. The predicted molar refractivity (Wildman–Crippen MR) is 70.1 cm³/mol. The van der Waals surface area contributed by atoms with Gasteiger partial charge in [0, 0.05) is 0 Å². The van der Waals surface area contributed by atoms with Crippen molar-refractivity contribution in [3.05, 3.63) is 34.9 Å². The molecule has 0 aromatic heterocycles. The summed E-state index contributed by atoms with van der Waals surface area (Å²) in [5.41, 5.74) is 1.43. The first kappa shape index (κ1) is 16.1. The van der Waals surface area contributed by atoms with Crippen molar-refractivity contribution in [2.24, 2.45) is 0 Å². The zero-order valence-electron chi connectivity index (χ0n) is 11.4. The summed E-state index contributed by atoms with van der Waals surface area (Å²) in [4.78, 5) is 22.2. The number of ether oxygens (including phenoxy) is 2. The molecule has 0 aliphatic carbocycles. The average molecular weight is 282 g/mol. The highest BCUT2D eigenvalue weighted by Gasteiger charge is 2.27. The van der Waals surface area contributed by atoms with Crippen LogP contribution in [0.5, 0.6) is 0 Å². The van der Waals surface area contributed by atoms with Crippen molar-refractivity contribution in [2.45, 2.75) is 26.1 Å². The second-order valence-corrected chi connectivity index (χ2v) is 4.22. The van der Waals surface area contributed by atoms with Gasteiger partial charge in [-0.05, 0) is 25.5 Å². The minimum atomic E-state index is -1.53. The van der Waals surface area contributed by atoms with E-state index < -0.39 is 24.8 Å². The summed E-state index contributed by atoms with van der Waals surface area (Å²) in [5, 5.41) is 19.1. The number of hydrogen-bond acceptors (Lipinski definition) is 6. The molecule has 110 valence electrons. The smallest absolute Gasteiger partial charge is 0.338 e. The Morgan fingerprint density at radius 2 is 2.15 bits per heavy atom. The Labute approximate surface area is 116 Å². The van der Waals surface area contributed by atoms with Crippen molar-refractivity contribution < 1.29 is 29.3 Å². The van der Waals surface area contributed by atoms with Gasteiger partial charge in [-0.1, -0.05) is 17.7 Å². The van der Waals surface area contributed by atoms with Gasteiger partial charge in [0.25, 0.3) is 6.47 Å². The first-order valence-corrected chi connectivity index (χ1v) is 6.20. The molecule has 0 amide bonds. The molecular formula is C14H18O6. The third-order valence-corrected chi connectivity index (χ3v) is 2.84. The average Bonchev–Trinajstić information content (AvgIpc) is 2.41. The van der Waals surface area contributed by atoms with Crippen molar-refractivity contribution in [2.75, 3.05) is 13.2 Å². The van der Waals surface area contributed by atoms with E-state index in [0.717, 1.165) is 5.56 Å². The van der Waals surface area contributed by atoms with Gasteiger partial charge in [-0.15, -0.1) is 0 Å². The van der Waals surface area contributed by atoms with E-state index in [0.29, 0.717) is 5.56 Å². The van der Waals surface area contributed by atoms with Crippen LogP contribution in [-0.4, -0.2) is 42.2 Å². The van der Waals surface area contributed by atoms with Crippen molar-refractivity contribution in [1.29, 1.82) is 0 Å². The van der Waals surface area contributed by atoms with Gasteiger partial charge < -0.3 is 19.7 Å². The van der Waals surface area contributed by atoms with Crippen molar-refractivity contribution >= 4 is 12.4 Å². The van der Waals surface area contributed by atoms with Crippen LogP contribution >= 0.6 is 0 Å². The van der Waals surface area contributed by atoms with Crippen LogP contribution in [-0.2, 0) is 14.3 Å². The van der Waals surface area contributed by atoms with E-state index in [1.807, 2.05) is 0 Å². The van der Waals surface area contributed by atoms with E-state index in [9.17, 15) is 19.8 Å². The Balaban J connectivity index is 3.20. The van der Waals surface area contributed by atoms with Crippen LogP contribution in [0.4, 0.5) is 0 Å². The van der Waals surface area contributed by atoms with Gasteiger partial charge in [0.05, 0.1) is 24.7 Å². The largest absolute Gasteiger partial charge is 0.462 e. The normalized spacial score (nSPS) is 13.4. The fourth-order valence-electron chi connectivity index (χ4n) is 1.87. The van der Waals surface area contributed by atoms with Crippen LogP contribution in [0.3, 0.4) is 0 Å². The Morgan fingerprint density at radius 3 is 2.70 bits per heavy atom. The van der Waals surface area contributed by atoms with Crippen LogP contribution in [0.15, 0.2) is 18.2 Å². The fraction of sp³-hybridized carbons (Fsp3) is 0.429. The van der Waals surface area contributed by atoms with E-state index >= 15 is 0 Å². The van der Waals surface area contributed by atoms with Gasteiger partial charge in [-0.25, -0.2) is 4.79 Å². The van der Waals surface area contributed by atoms with Crippen molar-refractivity contribution in [3.63, 3.8) is 0 Å². The molecule has 1 aromatic rings. The lowest BCUT2D eigenvalue weighted by molar-refractivity contribution is -0.157. The Hall–Kier alpha value is -1.92. The number of benzene rings is 1. The van der Waals surface area contributed by atoms with E-state index in [1.165, 1.54) is 0 Å². The monoisotopic (exact) mass is 282 g/mol. The number of hydrogen-bond donors (Lipinski definition) is 2. The summed E-state index contributed by atoms with van der Waals surface area (Å²) in [6.07, 6.45) is -1.53. The molecule has 0 radical (unpaired) electrons. The zero-order chi connectivity index (χ0) is 15.1. The van der Waals surface area contributed by atoms with E-state index in [2.05, 4.69) is 4.74 Å². The van der Waals surface area contributed by atoms with Crippen LogP contribution < -0.4 is 0 Å². The number of esters is 1. The predicted octanol–water partition coefficient (Wildman–Crippen LogP) is 0.739.